The lowest BCUT2D eigenvalue weighted by Crippen LogP contribution is -2.51. The summed E-state index contributed by atoms with van der Waals surface area (Å²) in [5.41, 5.74) is 2.76. The SMILES string of the molecule is CNC(c1cnccc1C)C(C)(C)N1CCCC1. The molecule has 1 aromatic rings. The number of hydrogen-bond donors (Lipinski definition) is 1. The van der Waals surface area contributed by atoms with Gasteiger partial charge in [-0.05, 0) is 70.9 Å². The molecule has 1 atom stereocenters. The van der Waals surface area contributed by atoms with Crippen LogP contribution in [0.15, 0.2) is 18.5 Å². The highest BCUT2D eigenvalue weighted by Gasteiger charge is 2.37. The number of nitrogens with one attached hydrogen (secondary N) is 1. The lowest BCUT2D eigenvalue weighted by molar-refractivity contribution is 0.110. The number of pyridine rings is 1. The molecule has 100 valence electrons. The van der Waals surface area contributed by atoms with Crippen molar-refractivity contribution < 1.29 is 0 Å². The van der Waals surface area contributed by atoms with Gasteiger partial charge >= 0.3 is 0 Å². The number of likely N-dealkylation sites (N-methyl/N-ethyl adjacent to an activating group) is 1. The highest BCUT2D eigenvalue weighted by Crippen LogP contribution is 2.34. The van der Waals surface area contributed by atoms with Crippen molar-refractivity contribution in [3.05, 3.63) is 29.6 Å². The number of nitrogens with zero attached hydrogens (tertiary/aromatic N) is 2. The van der Waals surface area contributed by atoms with Crippen molar-refractivity contribution in [1.82, 2.24) is 15.2 Å². The van der Waals surface area contributed by atoms with Gasteiger partial charge in [-0.2, -0.15) is 0 Å². The molecule has 3 heteroatoms. The van der Waals surface area contributed by atoms with E-state index in [2.05, 4.69) is 49.1 Å². The molecule has 0 aliphatic carbocycles. The maximum Gasteiger partial charge on any atom is 0.0517 e. The average molecular weight is 247 g/mol. The standard InChI is InChI=1S/C15H25N3/c1-12-7-8-17-11-13(12)14(16-4)15(2,3)18-9-5-6-10-18/h7-8,11,14,16H,5-6,9-10H2,1-4H3. The monoisotopic (exact) mass is 247 g/mol. The second-order valence-corrected chi connectivity index (χ2v) is 5.80. The second-order valence-electron chi connectivity index (χ2n) is 5.80. The van der Waals surface area contributed by atoms with Crippen molar-refractivity contribution in [3.63, 3.8) is 0 Å². The number of hydrogen-bond acceptors (Lipinski definition) is 3. The molecule has 1 unspecified atom stereocenters. The first kappa shape index (κ1) is 13.5. The van der Waals surface area contributed by atoms with Gasteiger partial charge in [0.1, 0.15) is 0 Å². The molecular formula is C15H25N3. The minimum absolute atomic E-state index is 0.124. The van der Waals surface area contributed by atoms with Crippen LogP contribution >= 0.6 is 0 Å². The Hall–Kier alpha value is -0.930. The Morgan fingerprint density at radius 1 is 1.33 bits per heavy atom. The van der Waals surface area contributed by atoms with Crippen molar-refractivity contribution in [3.8, 4) is 0 Å². The fourth-order valence-corrected chi connectivity index (χ4v) is 3.14. The van der Waals surface area contributed by atoms with Gasteiger partial charge in [0.25, 0.3) is 0 Å². The molecule has 3 nitrogen and oxygen atoms in total. The van der Waals surface area contributed by atoms with Gasteiger partial charge in [0, 0.05) is 17.9 Å². The number of aryl methyl sites for hydroxylation is 1. The van der Waals surface area contributed by atoms with Gasteiger partial charge in [-0.3, -0.25) is 9.88 Å². The molecule has 0 amide bonds. The molecule has 1 aromatic heterocycles. The van der Waals surface area contributed by atoms with E-state index in [0.29, 0.717) is 6.04 Å². The molecule has 0 radical (unpaired) electrons. The zero-order valence-electron chi connectivity index (χ0n) is 12.0. The highest BCUT2D eigenvalue weighted by molar-refractivity contribution is 5.28. The van der Waals surface area contributed by atoms with Crippen LogP contribution in [0.3, 0.4) is 0 Å². The molecule has 18 heavy (non-hydrogen) atoms. The van der Waals surface area contributed by atoms with Crippen LogP contribution in [0.1, 0.15) is 43.9 Å². The lowest BCUT2D eigenvalue weighted by Gasteiger charge is -2.42. The number of likely N-dealkylation sites (tertiary alicyclic amines) is 1. The fourth-order valence-electron chi connectivity index (χ4n) is 3.14. The molecule has 1 fully saturated rings. The van der Waals surface area contributed by atoms with Gasteiger partial charge in [0.05, 0.1) is 6.04 Å². The fraction of sp³-hybridized carbons (Fsp3) is 0.667. The maximum atomic E-state index is 4.30. The van der Waals surface area contributed by atoms with Gasteiger partial charge in [-0.15, -0.1) is 0 Å². The largest absolute Gasteiger partial charge is 0.311 e. The third-order valence-corrected chi connectivity index (χ3v) is 4.31. The molecule has 0 bridgehead atoms. The zero-order valence-corrected chi connectivity index (χ0v) is 12.0. The molecule has 0 spiro atoms. The summed E-state index contributed by atoms with van der Waals surface area (Å²) >= 11 is 0. The minimum Gasteiger partial charge on any atom is -0.311 e. The highest BCUT2D eigenvalue weighted by atomic mass is 15.2. The molecule has 2 heterocycles. The Bertz CT molecular complexity index is 394. The van der Waals surface area contributed by atoms with Crippen molar-refractivity contribution >= 4 is 0 Å². The van der Waals surface area contributed by atoms with E-state index in [0.717, 1.165) is 0 Å². The van der Waals surface area contributed by atoms with E-state index in [1.165, 1.54) is 37.1 Å². The lowest BCUT2D eigenvalue weighted by atomic mass is 9.86. The first-order chi connectivity index (χ1) is 8.57. The van der Waals surface area contributed by atoms with E-state index in [1.54, 1.807) is 0 Å². The number of aromatic nitrogens is 1. The van der Waals surface area contributed by atoms with Gasteiger partial charge in [0.15, 0.2) is 0 Å². The van der Waals surface area contributed by atoms with E-state index in [9.17, 15) is 0 Å². The van der Waals surface area contributed by atoms with Crippen molar-refractivity contribution in [2.24, 2.45) is 0 Å². The minimum atomic E-state index is 0.124. The summed E-state index contributed by atoms with van der Waals surface area (Å²) in [4.78, 5) is 6.89. The van der Waals surface area contributed by atoms with Crippen LogP contribution in [0.2, 0.25) is 0 Å². The van der Waals surface area contributed by atoms with Crippen LogP contribution in [0.25, 0.3) is 0 Å². The van der Waals surface area contributed by atoms with Gasteiger partial charge < -0.3 is 5.32 Å². The van der Waals surface area contributed by atoms with E-state index < -0.39 is 0 Å². The van der Waals surface area contributed by atoms with E-state index in [1.807, 2.05) is 12.4 Å². The van der Waals surface area contributed by atoms with E-state index >= 15 is 0 Å². The molecule has 1 aliphatic heterocycles. The molecule has 2 rings (SSSR count). The van der Waals surface area contributed by atoms with Crippen molar-refractivity contribution in [2.75, 3.05) is 20.1 Å². The summed E-state index contributed by atoms with van der Waals surface area (Å²) < 4.78 is 0. The smallest absolute Gasteiger partial charge is 0.0517 e. The number of rotatable bonds is 4. The molecule has 1 saturated heterocycles. The van der Waals surface area contributed by atoms with Crippen LogP contribution in [-0.2, 0) is 0 Å². The summed E-state index contributed by atoms with van der Waals surface area (Å²) in [6.07, 6.45) is 6.53. The predicted molar refractivity (Wildman–Crippen MR) is 75.7 cm³/mol. The molecule has 0 saturated carbocycles. The summed E-state index contributed by atoms with van der Waals surface area (Å²) in [5.74, 6) is 0. The van der Waals surface area contributed by atoms with Crippen molar-refractivity contribution in [2.45, 2.75) is 45.2 Å². The van der Waals surface area contributed by atoms with Gasteiger partial charge in [-0.1, -0.05) is 0 Å². The maximum absolute atomic E-state index is 4.30. The first-order valence-electron chi connectivity index (χ1n) is 6.90. The Morgan fingerprint density at radius 2 is 2.00 bits per heavy atom. The van der Waals surface area contributed by atoms with Crippen LogP contribution < -0.4 is 5.32 Å². The molecular weight excluding hydrogens is 222 g/mol. The van der Waals surface area contributed by atoms with E-state index in [4.69, 9.17) is 0 Å². The second kappa shape index (κ2) is 5.37. The quantitative estimate of drug-likeness (QED) is 0.886. The van der Waals surface area contributed by atoms with E-state index in [-0.39, 0.29) is 5.54 Å². The average Bonchev–Trinajstić information content (AvgIpc) is 2.86. The van der Waals surface area contributed by atoms with Crippen LogP contribution in [-0.4, -0.2) is 35.6 Å². The van der Waals surface area contributed by atoms with Gasteiger partial charge in [-0.25, -0.2) is 0 Å². The Labute approximate surface area is 111 Å². The van der Waals surface area contributed by atoms with Crippen molar-refractivity contribution in [1.29, 1.82) is 0 Å². The normalized spacial score (nSPS) is 19.1. The molecule has 0 aromatic carbocycles. The summed E-state index contributed by atoms with van der Waals surface area (Å²) in [5, 5.41) is 3.49. The summed E-state index contributed by atoms with van der Waals surface area (Å²) in [7, 11) is 2.05. The molecule has 1 N–H and O–H groups in total. The third-order valence-electron chi connectivity index (χ3n) is 4.31. The Morgan fingerprint density at radius 3 is 2.56 bits per heavy atom. The zero-order chi connectivity index (χ0) is 13.2. The predicted octanol–water partition coefficient (Wildman–Crippen LogP) is 2.52. The topological polar surface area (TPSA) is 28.2 Å². The first-order valence-corrected chi connectivity index (χ1v) is 6.90. The third kappa shape index (κ3) is 2.43. The molecule has 1 aliphatic rings. The van der Waals surface area contributed by atoms with Crippen LogP contribution in [0.4, 0.5) is 0 Å². The van der Waals surface area contributed by atoms with Crippen LogP contribution in [0.5, 0.6) is 0 Å². The Balaban J connectivity index is 2.30. The summed E-state index contributed by atoms with van der Waals surface area (Å²) in [6, 6.07) is 2.42. The van der Waals surface area contributed by atoms with Crippen LogP contribution in [0, 0.1) is 6.92 Å². The summed E-state index contributed by atoms with van der Waals surface area (Å²) in [6.45, 7) is 9.27. The van der Waals surface area contributed by atoms with Gasteiger partial charge in [0.2, 0.25) is 0 Å². The Kier molecular flexibility index (Phi) is 4.03.